The second-order valence-electron chi connectivity index (χ2n) is 10.7. The van der Waals surface area contributed by atoms with Gasteiger partial charge in [0.25, 0.3) is 17.4 Å². The minimum atomic E-state index is -0.329. The maximum atomic E-state index is 13.6. The van der Waals surface area contributed by atoms with Crippen LogP contribution >= 0.6 is 11.3 Å². The van der Waals surface area contributed by atoms with E-state index in [0.29, 0.717) is 39.5 Å². The molecule has 0 aliphatic heterocycles. The summed E-state index contributed by atoms with van der Waals surface area (Å²) in [6.07, 6.45) is 1.76. The molecule has 2 heterocycles. The van der Waals surface area contributed by atoms with Crippen LogP contribution in [-0.2, 0) is 11.3 Å². The summed E-state index contributed by atoms with van der Waals surface area (Å²) in [6, 6.07) is 16.6. The van der Waals surface area contributed by atoms with Gasteiger partial charge in [0.15, 0.2) is 0 Å². The molecule has 0 radical (unpaired) electrons. The molecule has 5 rings (SSSR count). The molecule has 9 heteroatoms. The Balaban J connectivity index is 1.47. The van der Waals surface area contributed by atoms with E-state index < -0.39 is 0 Å². The first-order chi connectivity index (χ1) is 20.2. The SMILES string of the molecule is CCN(C(=O)C1CC1)c1cc(-c2ccc(NC(=O)c3cccs3)cc2)cc(C(=O)NCc2c(C)cc(C)[nH]c2=O)c1C. The lowest BCUT2D eigenvalue weighted by Gasteiger charge is -2.25. The van der Waals surface area contributed by atoms with Gasteiger partial charge in [-0.1, -0.05) is 18.2 Å². The molecule has 0 spiro atoms. The second-order valence-corrected chi connectivity index (χ2v) is 11.6. The Morgan fingerprint density at radius 3 is 2.33 bits per heavy atom. The molecule has 42 heavy (non-hydrogen) atoms. The molecule has 1 aliphatic rings. The van der Waals surface area contributed by atoms with Gasteiger partial charge >= 0.3 is 0 Å². The van der Waals surface area contributed by atoms with Crippen molar-refractivity contribution in [3.63, 3.8) is 0 Å². The Hall–Kier alpha value is -4.50. The molecule has 1 saturated carbocycles. The number of pyridine rings is 1. The van der Waals surface area contributed by atoms with E-state index in [0.717, 1.165) is 35.2 Å². The number of carbonyl (C=O) groups excluding carboxylic acids is 3. The highest BCUT2D eigenvalue weighted by Gasteiger charge is 2.34. The fourth-order valence-corrected chi connectivity index (χ4v) is 5.71. The quantitative estimate of drug-likeness (QED) is 0.226. The Bertz CT molecular complexity index is 1700. The van der Waals surface area contributed by atoms with Crippen LogP contribution in [0.4, 0.5) is 11.4 Å². The van der Waals surface area contributed by atoms with Crippen molar-refractivity contribution in [3.05, 3.63) is 103 Å². The summed E-state index contributed by atoms with van der Waals surface area (Å²) < 4.78 is 0. The van der Waals surface area contributed by atoms with Crippen molar-refractivity contribution in [2.45, 2.75) is 47.1 Å². The first-order valence-electron chi connectivity index (χ1n) is 14.0. The molecule has 3 N–H and O–H groups in total. The van der Waals surface area contributed by atoms with E-state index in [4.69, 9.17) is 0 Å². The number of aromatic amines is 1. The van der Waals surface area contributed by atoms with Crippen molar-refractivity contribution in [1.29, 1.82) is 0 Å². The smallest absolute Gasteiger partial charge is 0.265 e. The number of nitrogens with zero attached hydrogens (tertiary/aromatic N) is 1. The zero-order chi connectivity index (χ0) is 30.0. The van der Waals surface area contributed by atoms with Crippen LogP contribution < -0.4 is 21.1 Å². The number of H-pyrrole nitrogens is 1. The van der Waals surface area contributed by atoms with E-state index >= 15 is 0 Å². The number of hydrogen-bond donors (Lipinski definition) is 3. The van der Waals surface area contributed by atoms with Crippen LogP contribution in [0.15, 0.2) is 64.8 Å². The molecule has 3 amide bonds. The highest BCUT2D eigenvalue weighted by molar-refractivity contribution is 7.12. The molecule has 0 saturated heterocycles. The number of amides is 3. The van der Waals surface area contributed by atoms with E-state index in [-0.39, 0.29) is 35.7 Å². The van der Waals surface area contributed by atoms with Crippen molar-refractivity contribution in [1.82, 2.24) is 10.3 Å². The van der Waals surface area contributed by atoms with Crippen molar-refractivity contribution in [2.75, 3.05) is 16.8 Å². The van der Waals surface area contributed by atoms with Crippen LogP contribution in [0.1, 0.15) is 62.2 Å². The van der Waals surface area contributed by atoms with Gasteiger partial charge in [0.1, 0.15) is 0 Å². The van der Waals surface area contributed by atoms with Crippen LogP contribution in [0.25, 0.3) is 11.1 Å². The average Bonchev–Trinajstić information content (AvgIpc) is 3.67. The molecule has 2 aromatic heterocycles. The highest BCUT2D eigenvalue weighted by Crippen LogP contribution is 2.36. The Morgan fingerprint density at radius 2 is 1.71 bits per heavy atom. The zero-order valence-corrected chi connectivity index (χ0v) is 25.0. The van der Waals surface area contributed by atoms with E-state index in [1.54, 1.807) is 11.0 Å². The fraction of sp³-hybridized carbons (Fsp3) is 0.273. The van der Waals surface area contributed by atoms with Gasteiger partial charge in [-0.05, 0) is 105 Å². The Morgan fingerprint density at radius 1 is 0.976 bits per heavy atom. The Labute approximate surface area is 248 Å². The topological polar surface area (TPSA) is 111 Å². The van der Waals surface area contributed by atoms with Gasteiger partial charge in [-0.15, -0.1) is 11.3 Å². The molecule has 216 valence electrons. The first-order valence-corrected chi connectivity index (χ1v) is 14.9. The van der Waals surface area contributed by atoms with E-state index in [9.17, 15) is 19.2 Å². The first kappa shape index (κ1) is 29.0. The molecular formula is C33H34N4O4S. The molecule has 2 aromatic carbocycles. The lowest BCUT2D eigenvalue weighted by atomic mass is 9.96. The van der Waals surface area contributed by atoms with Crippen LogP contribution in [0.2, 0.25) is 0 Å². The summed E-state index contributed by atoms with van der Waals surface area (Å²) in [6.45, 7) is 8.01. The highest BCUT2D eigenvalue weighted by atomic mass is 32.1. The number of aromatic nitrogens is 1. The maximum absolute atomic E-state index is 13.6. The van der Waals surface area contributed by atoms with Gasteiger partial charge in [0.05, 0.1) is 4.88 Å². The lowest BCUT2D eigenvalue weighted by Crippen LogP contribution is -2.33. The standard InChI is InChI=1S/C33H34N4O4S/c1-5-37(33(41)23-8-9-23)28-17-24(22-10-12-25(13-11-22)36-32(40)29-7-6-14-42-29)16-26(21(28)4)30(38)34-18-27-19(2)15-20(3)35-31(27)39/h6-7,10-17,23H,5,8-9,18H2,1-4H3,(H,34,38)(H,35,39)(H,36,40). The minimum Gasteiger partial charge on any atom is -0.348 e. The van der Waals surface area contributed by atoms with Crippen molar-refractivity contribution in [3.8, 4) is 11.1 Å². The summed E-state index contributed by atoms with van der Waals surface area (Å²) in [5, 5.41) is 7.68. The van der Waals surface area contributed by atoms with Gasteiger partial charge in [-0.2, -0.15) is 0 Å². The second kappa shape index (κ2) is 12.2. The largest absolute Gasteiger partial charge is 0.348 e. The van der Waals surface area contributed by atoms with Gasteiger partial charge in [-0.3, -0.25) is 19.2 Å². The number of aryl methyl sites for hydroxylation is 2. The summed E-state index contributed by atoms with van der Waals surface area (Å²) in [5.74, 6) is -0.413. The van der Waals surface area contributed by atoms with Crippen LogP contribution in [0.5, 0.6) is 0 Å². The summed E-state index contributed by atoms with van der Waals surface area (Å²) >= 11 is 1.37. The third kappa shape index (κ3) is 6.21. The zero-order valence-electron chi connectivity index (χ0n) is 24.2. The number of hydrogen-bond acceptors (Lipinski definition) is 5. The molecule has 0 atom stereocenters. The number of rotatable bonds is 9. The predicted octanol–water partition coefficient (Wildman–Crippen LogP) is 5.97. The van der Waals surface area contributed by atoms with E-state index in [1.165, 1.54) is 11.3 Å². The number of nitrogens with one attached hydrogen (secondary N) is 3. The Kier molecular flexibility index (Phi) is 8.40. The number of benzene rings is 2. The molecular weight excluding hydrogens is 548 g/mol. The van der Waals surface area contributed by atoms with Crippen LogP contribution in [0.3, 0.4) is 0 Å². The lowest BCUT2D eigenvalue weighted by molar-refractivity contribution is -0.119. The van der Waals surface area contributed by atoms with E-state index in [2.05, 4.69) is 15.6 Å². The van der Waals surface area contributed by atoms with Gasteiger partial charge in [-0.25, -0.2) is 0 Å². The number of carbonyl (C=O) groups is 3. The molecule has 8 nitrogen and oxygen atoms in total. The maximum Gasteiger partial charge on any atom is 0.265 e. The number of anilines is 2. The molecule has 0 unspecified atom stereocenters. The fourth-order valence-electron chi connectivity index (χ4n) is 5.09. The molecule has 4 aromatic rings. The van der Waals surface area contributed by atoms with Gasteiger partial charge in [0.2, 0.25) is 5.91 Å². The summed E-state index contributed by atoms with van der Waals surface area (Å²) in [4.78, 5) is 57.0. The molecule has 0 bridgehead atoms. The summed E-state index contributed by atoms with van der Waals surface area (Å²) in [5.41, 5.74) is 5.92. The summed E-state index contributed by atoms with van der Waals surface area (Å²) in [7, 11) is 0. The van der Waals surface area contributed by atoms with Crippen molar-refractivity contribution in [2.24, 2.45) is 5.92 Å². The molecule has 1 aliphatic carbocycles. The monoisotopic (exact) mass is 582 g/mol. The van der Waals surface area contributed by atoms with Gasteiger partial charge in [0, 0.05) is 47.2 Å². The predicted molar refractivity (Wildman–Crippen MR) is 167 cm³/mol. The van der Waals surface area contributed by atoms with Crippen LogP contribution in [0, 0.1) is 26.7 Å². The number of thiophene rings is 1. The molecule has 1 fully saturated rings. The van der Waals surface area contributed by atoms with Crippen molar-refractivity contribution < 1.29 is 14.4 Å². The van der Waals surface area contributed by atoms with Crippen LogP contribution in [-0.4, -0.2) is 29.3 Å². The third-order valence-electron chi connectivity index (χ3n) is 7.57. The normalized spacial score (nSPS) is 12.6. The van der Waals surface area contributed by atoms with Crippen molar-refractivity contribution >= 4 is 40.4 Å². The minimum absolute atomic E-state index is 0.0211. The van der Waals surface area contributed by atoms with Gasteiger partial charge < -0.3 is 20.5 Å². The third-order valence-corrected chi connectivity index (χ3v) is 8.43. The average molecular weight is 583 g/mol. The van der Waals surface area contributed by atoms with E-state index in [1.807, 2.05) is 81.6 Å².